The maximum absolute atomic E-state index is 13.0. The van der Waals surface area contributed by atoms with Crippen LogP contribution in [0.15, 0.2) is 30.6 Å². The molecule has 0 aliphatic carbocycles. The number of aromatic nitrogens is 3. The maximum Gasteiger partial charge on any atom is 0.341 e. The van der Waals surface area contributed by atoms with Gasteiger partial charge in [-0.1, -0.05) is 6.07 Å². The summed E-state index contributed by atoms with van der Waals surface area (Å²) in [6, 6.07) is 4.96. The van der Waals surface area contributed by atoms with Gasteiger partial charge in [0.05, 0.1) is 6.61 Å². The lowest BCUT2D eigenvalue weighted by atomic mass is 10.2. The summed E-state index contributed by atoms with van der Waals surface area (Å²) in [4.78, 5) is 23.1. The molecule has 20 heavy (non-hydrogen) atoms. The Hall–Kier alpha value is -2.44. The summed E-state index contributed by atoms with van der Waals surface area (Å²) >= 11 is 0. The zero-order chi connectivity index (χ0) is 14.5. The molecule has 2 aromatic heterocycles. The summed E-state index contributed by atoms with van der Waals surface area (Å²) in [5, 5.41) is 0. The van der Waals surface area contributed by atoms with Crippen molar-refractivity contribution >= 4 is 5.97 Å². The quantitative estimate of drug-likeness (QED) is 0.805. The Morgan fingerprint density at radius 3 is 2.75 bits per heavy atom. The van der Waals surface area contributed by atoms with Crippen LogP contribution in [0, 0.1) is 0 Å². The van der Waals surface area contributed by atoms with Gasteiger partial charge in [0.2, 0.25) is 0 Å². The van der Waals surface area contributed by atoms with Crippen molar-refractivity contribution in [2.24, 2.45) is 0 Å². The predicted octanol–water partition coefficient (Wildman–Crippen LogP) is 2.65. The molecule has 0 amide bonds. The summed E-state index contributed by atoms with van der Waals surface area (Å²) in [5.74, 6) is -0.829. The fourth-order valence-electron chi connectivity index (χ4n) is 1.55. The highest BCUT2D eigenvalue weighted by atomic mass is 19.3. The van der Waals surface area contributed by atoms with Gasteiger partial charge in [-0.05, 0) is 19.1 Å². The van der Waals surface area contributed by atoms with E-state index in [-0.39, 0.29) is 18.0 Å². The Bertz CT molecular complexity index is 606. The van der Waals surface area contributed by atoms with Gasteiger partial charge in [-0.3, -0.25) is 4.98 Å². The Kier molecular flexibility index (Phi) is 4.29. The molecule has 0 aliphatic heterocycles. The van der Waals surface area contributed by atoms with E-state index in [1.54, 1.807) is 25.1 Å². The SMILES string of the molecule is CCOC(=O)c1cnc(-c2ccccn2)nc1C(F)F. The highest BCUT2D eigenvalue weighted by Gasteiger charge is 2.23. The largest absolute Gasteiger partial charge is 0.462 e. The van der Waals surface area contributed by atoms with Crippen molar-refractivity contribution in [1.29, 1.82) is 0 Å². The number of nitrogens with zero attached hydrogens (tertiary/aromatic N) is 3. The average Bonchev–Trinajstić information content (AvgIpc) is 2.47. The number of pyridine rings is 1. The minimum atomic E-state index is -2.90. The van der Waals surface area contributed by atoms with Gasteiger partial charge >= 0.3 is 5.97 Å². The molecule has 0 saturated carbocycles. The first-order valence-corrected chi connectivity index (χ1v) is 5.87. The van der Waals surface area contributed by atoms with E-state index in [9.17, 15) is 13.6 Å². The van der Waals surface area contributed by atoms with Crippen molar-refractivity contribution in [3.63, 3.8) is 0 Å². The first-order valence-electron chi connectivity index (χ1n) is 5.87. The molecule has 0 atom stereocenters. The van der Waals surface area contributed by atoms with Gasteiger partial charge in [-0.2, -0.15) is 0 Å². The first kappa shape index (κ1) is 14.0. The lowest BCUT2D eigenvalue weighted by molar-refractivity contribution is 0.0513. The number of halogens is 2. The predicted molar refractivity (Wildman–Crippen MR) is 66.2 cm³/mol. The molecule has 2 heterocycles. The second-order valence-corrected chi connectivity index (χ2v) is 3.73. The minimum Gasteiger partial charge on any atom is -0.462 e. The van der Waals surface area contributed by atoms with Crippen LogP contribution in [0.1, 0.15) is 29.4 Å². The zero-order valence-electron chi connectivity index (χ0n) is 10.6. The molecule has 0 fully saturated rings. The van der Waals surface area contributed by atoms with E-state index in [1.807, 2.05) is 0 Å². The van der Waals surface area contributed by atoms with E-state index in [4.69, 9.17) is 4.74 Å². The highest BCUT2D eigenvalue weighted by molar-refractivity contribution is 5.90. The Labute approximate surface area is 113 Å². The second-order valence-electron chi connectivity index (χ2n) is 3.73. The fourth-order valence-corrected chi connectivity index (χ4v) is 1.55. The molecular weight excluding hydrogens is 268 g/mol. The molecule has 7 heteroatoms. The van der Waals surface area contributed by atoms with E-state index >= 15 is 0 Å². The van der Waals surface area contributed by atoms with Crippen molar-refractivity contribution < 1.29 is 18.3 Å². The number of carbonyl (C=O) groups is 1. The van der Waals surface area contributed by atoms with Crippen LogP contribution in [0.4, 0.5) is 8.78 Å². The monoisotopic (exact) mass is 279 g/mol. The third-order valence-corrected chi connectivity index (χ3v) is 2.41. The van der Waals surface area contributed by atoms with Crippen LogP contribution in [0.3, 0.4) is 0 Å². The van der Waals surface area contributed by atoms with Crippen molar-refractivity contribution in [1.82, 2.24) is 15.0 Å². The average molecular weight is 279 g/mol. The zero-order valence-corrected chi connectivity index (χ0v) is 10.6. The molecule has 0 bridgehead atoms. The van der Waals surface area contributed by atoms with Crippen molar-refractivity contribution in [3.8, 4) is 11.5 Å². The molecule has 0 aromatic carbocycles. The summed E-state index contributed by atoms with van der Waals surface area (Å²) in [5.41, 5.74) is -0.634. The molecule has 0 unspecified atom stereocenters. The van der Waals surface area contributed by atoms with Gasteiger partial charge in [0, 0.05) is 12.4 Å². The number of hydrogen-bond acceptors (Lipinski definition) is 5. The highest BCUT2D eigenvalue weighted by Crippen LogP contribution is 2.23. The number of rotatable bonds is 4. The standard InChI is InChI=1S/C13H11F2N3O2/c1-2-20-13(19)8-7-17-12(18-10(8)11(14)15)9-5-3-4-6-16-9/h3-7,11H,2H2,1H3. The summed E-state index contributed by atoms with van der Waals surface area (Å²) < 4.78 is 30.7. The summed E-state index contributed by atoms with van der Waals surface area (Å²) in [7, 11) is 0. The van der Waals surface area contributed by atoms with Crippen molar-refractivity contribution in [2.45, 2.75) is 13.3 Å². The molecule has 0 aliphatic rings. The molecule has 0 saturated heterocycles. The van der Waals surface area contributed by atoms with Gasteiger partial charge in [0.25, 0.3) is 6.43 Å². The third-order valence-electron chi connectivity index (χ3n) is 2.41. The van der Waals surface area contributed by atoms with Gasteiger partial charge in [0.15, 0.2) is 5.82 Å². The Balaban J connectivity index is 2.45. The second kappa shape index (κ2) is 6.14. The molecular formula is C13H11F2N3O2. The number of alkyl halides is 2. The fraction of sp³-hybridized carbons (Fsp3) is 0.231. The van der Waals surface area contributed by atoms with E-state index in [1.165, 1.54) is 6.20 Å². The number of esters is 1. The number of carbonyl (C=O) groups excluding carboxylic acids is 1. The van der Waals surface area contributed by atoms with Crippen LogP contribution in [-0.2, 0) is 4.74 Å². The third kappa shape index (κ3) is 2.93. The van der Waals surface area contributed by atoms with E-state index < -0.39 is 18.1 Å². The van der Waals surface area contributed by atoms with Crippen molar-refractivity contribution in [2.75, 3.05) is 6.61 Å². The van der Waals surface area contributed by atoms with Gasteiger partial charge in [0.1, 0.15) is 17.0 Å². The molecule has 5 nitrogen and oxygen atoms in total. The Morgan fingerprint density at radius 2 is 2.15 bits per heavy atom. The normalized spacial score (nSPS) is 10.6. The van der Waals surface area contributed by atoms with Crippen LogP contribution in [0.25, 0.3) is 11.5 Å². The van der Waals surface area contributed by atoms with Gasteiger partial charge < -0.3 is 4.74 Å². The molecule has 0 spiro atoms. The van der Waals surface area contributed by atoms with E-state index in [2.05, 4.69) is 15.0 Å². The first-order chi connectivity index (χ1) is 9.63. The summed E-state index contributed by atoms with van der Waals surface area (Å²) in [6.45, 7) is 1.67. The van der Waals surface area contributed by atoms with Crippen LogP contribution in [-0.4, -0.2) is 27.5 Å². The van der Waals surface area contributed by atoms with Gasteiger partial charge in [-0.15, -0.1) is 0 Å². The smallest absolute Gasteiger partial charge is 0.341 e. The van der Waals surface area contributed by atoms with Crippen LogP contribution < -0.4 is 0 Å². The maximum atomic E-state index is 13.0. The van der Waals surface area contributed by atoms with E-state index in [0.717, 1.165) is 6.20 Å². The van der Waals surface area contributed by atoms with E-state index in [0.29, 0.717) is 5.69 Å². The minimum absolute atomic E-state index is 0.0361. The van der Waals surface area contributed by atoms with Crippen molar-refractivity contribution in [3.05, 3.63) is 41.9 Å². The molecule has 104 valence electrons. The lowest BCUT2D eigenvalue weighted by Gasteiger charge is -2.08. The molecule has 0 N–H and O–H groups in total. The number of hydrogen-bond donors (Lipinski definition) is 0. The molecule has 2 rings (SSSR count). The Morgan fingerprint density at radius 1 is 1.35 bits per heavy atom. The summed E-state index contributed by atoms with van der Waals surface area (Å²) in [6.07, 6.45) is -0.365. The molecule has 2 aromatic rings. The topological polar surface area (TPSA) is 65.0 Å². The van der Waals surface area contributed by atoms with Gasteiger partial charge in [-0.25, -0.2) is 23.5 Å². The van der Waals surface area contributed by atoms with Crippen LogP contribution >= 0.6 is 0 Å². The van der Waals surface area contributed by atoms with Crippen LogP contribution in [0.5, 0.6) is 0 Å². The number of ether oxygens (including phenoxy) is 1. The lowest BCUT2D eigenvalue weighted by Crippen LogP contribution is -2.12. The van der Waals surface area contributed by atoms with Crippen LogP contribution in [0.2, 0.25) is 0 Å². The molecule has 0 radical (unpaired) electrons.